The molecule has 0 saturated heterocycles. The highest BCUT2D eigenvalue weighted by Gasteiger charge is 2.29. The van der Waals surface area contributed by atoms with Crippen molar-refractivity contribution in [3.8, 4) is 0 Å². The summed E-state index contributed by atoms with van der Waals surface area (Å²) in [5.41, 5.74) is -1.35. The SMILES string of the molecule is O=S(=O)(O)NCC(CO)(CO)CO. The van der Waals surface area contributed by atoms with Crippen LogP contribution in [0.2, 0.25) is 0 Å². The molecule has 0 aliphatic heterocycles. The second-order valence-corrected chi connectivity index (χ2v) is 4.01. The van der Waals surface area contributed by atoms with Crippen molar-refractivity contribution < 1.29 is 28.3 Å². The molecule has 0 aromatic heterocycles. The summed E-state index contributed by atoms with van der Waals surface area (Å²) >= 11 is 0. The van der Waals surface area contributed by atoms with Crippen molar-refractivity contribution in [1.82, 2.24) is 4.72 Å². The second-order valence-electron chi connectivity index (χ2n) is 2.77. The lowest BCUT2D eigenvalue weighted by atomic mass is 9.92. The summed E-state index contributed by atoms with van der Waals surface area (Å²) in [5.74, 6) is 0. The second kappa shape index (κ2) is 4.84. The van der Waals surface area contributed by atoms with E-state index in [9.17, 15) is 8.42 Å². The van der Waals surface area contributed by atoms with E-state index < -0.39 is 42.1 Å². The maximum atomic E-state index is 10.2. The predicted octanol–water partition coefficient (Wildman–Crippen LogP) is -2.66. The Labute approximate surface area is 75.9 Å². The predicted molar refractivity (Wildman–Crippen MR) is 43.2 cm³/mol. The molecule has 5 N–H and O–H groups in total. The Balaban J connectivity index is 4.27. The summed E-state index contributed by atoms with van der Waals surface area (Å²) in [6, 6.07) is 0. The standard InChI is InChI=1S/C5H13NO6S/c7-2-5(3-8,4-9)1-6-13(10,11)12/h6-9H,1-4H2,(H,10,11,12). The molecule has 0 atom stereocenters. The van der Waals surface area contributed by atoms with Crippen molar-refractivity contribution in [2.75, 3.05) is 26.4 Å². The van der Waals surface area contributed by atoms with Crippen LogP contribution in [0.25, 0.3) is 0 Å². The molecule has 0 bridgehead atoms. The molecule has 0 heterocycles. The molecule has 7 nitrogen and oxygen atoms in total. The highest BCUT2D eigenvalue weighted by Crippen LogP contribution is 2.12. The molecule has 0 aromatic rings. The maximum absolute atomic E-state index is 10.2. The van der Waals surface area contributed by atoms with Gasteiger partial charge in [-0.05, 0) is 0 Å². The molecule has 0 radical (unpaired) electrons. The summed E-state index contributed by atoms with van der Waals surface area (Å²) in [6.07, 6.45) is 0. The van der Waals surface area contributed by atoms with E-state index in [1.54, 1.807) is 4.72 Å². The van der Waals surface area contributed by atoms with Gasteiger partial charge in [0.15, 0.2) is 0 Å². The van der Waals surface area contributed by atoms with Crippen molar-refractivity contribution in [2.24, 2.45) is 5.41 Å². The first kappa shape index (κ1) is 12.8. The minimum absolute atomic E-state index is 0.435. The van der Waals surface area contributed by atoms with Crippen LogP contribution in [0, 0.1) is 5.41 Å². The Morgan fingerprint density at radius 2 is 1.46 bits per heavy atom. The number of hydrogen-bond donors (Lipinski definition) is 5. The van der Waals surface area contributed by atoms with Crippen molar-refractivity contribution >= 4 is 10.3 Å². The fourth-order valence-corrected chi connectivity index (χ4v) is 1.05. The van der Waals surface area contributed by atoms with Crippen LogP contribution in [0.15, 0.2) is 0 Å². The molecule has 13 heavy (non-hydrogen) atoms. The van der Waals surface area contributed by atoms with Gasteiger partial charge < -0.3 is 15.3 Å². The number of aliphatic hydroxyl groups excluding tert-OH is 3. The van der Waals surface area contributed by atoms with Crippen LogP contribution in [0.1, 0.15) is 0 Å². The molecule has 0 aliphatic rings. The van der Waals surface area contributed by atoms with Gasteiger partial charge in [-0.25, -0.2) is 0 Å². The summed E-state index contributed by atoms with van der Waals surface area (Å²) < 4.78 is 30.4. The quantitative estimate of drug-likeness (QED) is 0.308. The summed E-state index contributed by atoms with van der Waals surface area (Å²) in [5, 5.41) is 26.2. The molecule has 0 saturated carbocycles. The van der Waals surface area contributed by atoms with E-state index in [0.717, 1.165) is 0 Å². The van der Waals surface area contributed by atoms with Crippen LogP contribution in [0.3, 0.4) is 0 Å². The molecule has 0 unspecified atom stereocenters. The largest absolute Gasteiger partial charge is 0.396 e. The first-order valence-corrected chi connectivity index (χ1v) is 4.88. The summed E-state index contributed by atoms with van der Waals surface area (Å²) in [7, 11) is -4.37. The lowest BCUT2D eigenvalue weighted by molar-refractivity contribution is 0.00982. The number of nitrogens with one attached hydrogen (secondary N) is 1. The number of rotatable bonds is 6. The molecule has 80 valence electrons. The van der Waals surface area contributed by atoms with E-state index in [1.807, 2.05) is 0 Å². The Morgan fingerprint density at radius 3 is 1.69 bits per heavy atom. The molecule has 0 rings (SSSR count). The van der Waals surface area contributed by atoms with Crippen LogP contribution in [-0.4, -0.2) is 54.7 Å². The third-order valence-electron chi connectivity index (χ3n) is 1.64. The zero-order valence-electron chi connectivity index (χ0n) is 6.84. The van der Waals surface area contributed by atoms with E-state index in [4.69, 9.17) is 19.9 Å². The average Bonchev–Trinajstić information content (AvgIpc) is 2.06. The van der Waals surface area contributed by atoms with E-state index in [2.05, 4.69) is 0 Å². The molecule has 8 heteroatoms. The Morgan fingerprint density at radius 1 is 1.08 bits per heavy atom. The van der Waals surface area contributed by atoms with Gasteiger partial charge in [-0.3, -0.25) is 4.55 Å². The molecule has 0 aromatic carbocycles. The van der Waals surface area contributed by atoms with Gasteiger partial charge in [0.1, 0.15) is 0 Å². The topological polar surface area (TPSA) is 127 Å². The normalized spacial score (nSPS) is 13.2. The maximum Gasteiger partial charge on any atom is 0.333 e. The molecular weight excluding hydrogens is 202 g/mol. The lowest BCUT2D eigenvalue weighted by Gasteiger charge is -2.26. The van der Waals surface area contributed by atoms with Crippen LogP contribution in [0.4, 0.5) is 0 Å². The molecular formula is C5H13NO6S. The van der Waals surface area contributed by atoms with Crippen molar-refractivity contribution in [3.63, 3.8) is 0 Å². The minimum atomic E-state index is -4.37. The molecule has 0 aliphatic carbocycles. The smallest absolute Gasteiger partial charge is 0.333 e. The number of hydrogen-bond acceptors (Lipinski definition) is 5. The average molecular weight is 215 g/mol. The molecule has 0 spiro atoms. The molecule has 0 amide bonds. The van der Waals surface area contributed by atoms with Crippen molar-refractivity contribution in [2.45, 2.75) is 0 Å². The van der Waals surface area contributed by atoms with E-state index in [-0.39, 0.29) is 0 Å². The zero-order valence-corrected chi connectivity index (χ0v) is 7.66. The van der Waals surface area contributed by atoms with E-state index >= 15 is 0 Å². The number of aliphatic hydroxyl groups is 3. The molecule has 0 fully saturated rings. The van der Waals surface area contributed by atoms with E-state index in [1.165, 1.54) is 0 Å². The first-order chi connectivity index (χ1) is 5.89. The zero-order chi connectivity index (χ0) is 10.5. The van der Waals surface area contributed by atoms with Crippen molar-refractivity contribution in [3.05, 3.63) is 0 Å². The highest BCUT2D eigenvalue weighted by molar-refractivity contribution is 7.83. The van der Waals surface area contributed by atoms with Crippen LogP contribution >= 0.6 is 0 Å². The van der Waals surface area contributed by atoms with Gasteiger partial charge >= 0.3 is 10.3 Å². The lowest BCUT2D eigenvalue weighted by Crippen LogP contribution is -2.45. The third-order valence-corrected chi connectivity index (χ3v) is 2.14. The fraction of sp³-hybridized carbons (Fsp3) is 1.00. The van der Waals surface area contributed by atoms with Crippen LogP contribution in [-0.2, 0) is 10.3 Å². The van der Waals surface area contributed by atoms with E-state index in [0.29, 0.717) is 0 Å². The third kappa shape index (κ3) is 4.50. The monoisotopic (exact) mass is 215 g/mol. The van der Waals surface area contributed by atoms with Gasteiger partial charge in [0, 0.05) is 6.54 Å². The summed E-state index contributed by atoms with van der Waals surface area (Å²) in [6.45, 7) is -2.22. The van der Waals surface area contributed by atoms with Gasteiger partial charge in [-0.1, -0.05) is 0 Å². The van der Waals surface area contributed by atoms with Gasteiger partial charge in [-0.2, -0.15) is 13.1 Å². The minimum Gasteiger partial charge on any atom is -0.396 e. The highest BCUT2D eigenvalue weighted by atomic mass is 32.2. The summed E-state index contributed by atoms with van der Waals surface area (Å²) in [4.78, 5) is 0. The van der Waals surface area contributed by atoms with Crippen molar-refractivity contribution in [1.29, 1.82) is 0 Å². The van der Waals surface area contributed by atoms with Crippen LogP contribution in [0.5, 0.6) is 0 Å². The Kier molecular flexibility index (Phi) is 4.75. The van der Waals surface area contributed by atoms with Gasteiger partial charge in [0.2, 0.25) is 0 Å². The van der Waals surface area contributed by atoms with Gasteiger partial charge in [-0.15, -0.1) is 0 Å². The fourth-order valence-electron chi connectivity index (χ4n) is 0.562. The Hall–Kier alpha value is -0.250. The van der Waals surface area contributed by atoms with Gasteiger partial charge in [0.05, 0.1) is 25.2 Å². The van der Waals surface area contributed by atoms with Gasteiger partial charge in [0.25, 0.3) is 0 Å². The Bertz CT molecular complexity index is 225. The first-order valence-electron chi connectivity index (χ1n) is 3.44. The van der Waals surface area contributed by atoms with Crippen LogP contribution < -0.4 is 4.72 Å².